The maximum absolute atomic E-state index is 7.68. The number of hydrogen-bond acceptors (Lipinski definition) is 3. The normalized spacial score (nSPS) is 7.50. The summed E-state index contributed by atoms with van der Waals surface area (Å²) in [5.41, 5.74) is 0. The summed E-state index contributed by atoms with van der Waals surface area (Å²) in [5.74, 6) is 0. The molecular formula is CH5NOS. The van der Waals surface area contributed by atoms with Gasteiger partial charge in [-0.05, 0) is 7.05 Å². The number of hydrogen-bond donors (Lipinski definition) is 2. The third-order valence-electron chi connectivity index (χ3n) is 0.0913. The molecule has 0 fully saturated rings. The lowest BCUT2D eigenvalue weighted by Crippen LogP contribution is -1.85. The minimum Gasteiger partial charge on any atom is -0.317 e. The molecule has 0 radical (unpaired) electrons. The van der Waals surface area contributed by atoms with Crippen molar-refractivity contribution in [3.63, 3.8) is 0 Å². The first-order chi connectivity index (χ1) is 1.91. The fourth-order valence-electron chi connectivity index (χ4n) is 0. The Bertz CT molecular complexity index is 10.0. The standard InChI is InChI=1S/CH5NOS/c1-2-4-3/h2-3H,1H3. The van der Waals surface area contributed by atoms with Crippen LogP contribution in [0.3, 0.4) is 0 Å². The lowest BCUT2D eigenvalue weighted by atomic mass is 11.6. The van der Waals surface area contributed by atoms with Gasteiger partial charge in [0, 0.05) is 0 Å². The van der Waals surface area contributed by atoms with Crippen molar-refractivity contribution >= 4 is 12.2 Å². The van der Waals surface area contributed by atoms with Gasteiger partial charge in [-0.2, -0.15) is 0 Å². The van der Waals surface area contributed by atoms with Gasteiger partial charge in [0.15, 0.2) is 0 Å². The highest BCUT2D eigenvalue weighted by Crippen LogP contribution is 1.69. The Balaban J connectivity index is 1.97. The molecule has 0 unspecified atom stereocenters. The first-order valence-electron chi connectivity index (χ1n) is 0.887. The number of rotatable bonds is 1. The summed E-state index contributed by atoms with van der Waals surface area (Å²) >= 11 is 0.606. The summed E-state index contributed by atoms with van der Waals surface area (Å²) in [6, 6.07) is 0. The second kappa shape index (κ2) is 3.27. The fourth-order valence-corrected chi connectivity index (χ4v) is 0. The Hall–Kier alpha value is 0.270. The Morgan fingerprint density at radius 3 is 2.25 bits per heavy atom. The fraction of sp³-hybridized carbons (Fsp3) is 1.00. The maximum atomic E-state index is 7.68. The van der Waals surface area contributed by atoms with Crippen molar-refractivity contribution in [2.24, 2.45) is 0 Å². The van der Waals surface area contributed by atoms with Crippen LogP contribution in [0.1, 0.15) is 0 Å². The highest BCUT2D eigenvalue weighted by atomic mass is 32.2. The third-order valence-corrected chi connectivity index (χ3v) is 0.274. The van der Waals surface area contributed by atoms with E-state index in [1.54, 1.807) is 7.05 Å². The monoisotopic (exact) mass is 79.0 g/mol. The molecule has 0 aliphatic rings. The van der Waals surface area contributed by atoms with Crippen molar-refractivity contribution in [2.45, 2.75) is 0 Å². The van der Waals surface area contributed by atoms with Crippen LogP contribution in [-0.4, -0.2) is 11.6 Å². The molecule has 0 atom stereocenters. The van der Waals surface area contributed by atoms with E-state index >= 15 is 0 Å². The molecule has 4 heavy (non-hydrogen) atoms. The summed E-state index contributed by atoms with van der Waals surface area (Å²) in [7, 11) is 1.64. The molecule has 0 aliphatic carbocycles. The Morgan fingerprint density at radius 1 is 2.00 bits per heavy atom. The predicted molar refractivity (Wildman–Crippen MR) is 19.3 cm³/mol. The molecular weight excluding hydrogens is 74.1 g/mol. The summed E-state index contributed by atoms with van der Waals surface area (Å²) in [6.45, 7) is 0. The van der Waals surface area contributed by atoms with Gasteiger partial charge < -0.3 is 4.55 Å². The largest absolute Gasteiger partial charge is 0.317 e. The quantitative estimate of drug-likeness (QED) is 0.351. The molecule has 0 heterocycles. The molecule has 0 rings (SSSR count). The van der Waals surface area contributed by atoms with Gasteiger partial charge in [-0.25, -0.2) is 4.72 Å². The first-order valence-corrected chi connectivity index (χ1v) is 1.66. The zero-order chi connectivity index (χ0) is 3.41. The van der Waals surface area contributed by atoms with Gasteiger partial charge in [0.25, 0.3) is 0 Å². The van der Waals surface area contributed by atoms with Crippen LogP contribution in [0.25, 0.3) is 0 Å². The van der Waals surface area contributed by atoms with Crippen molar-refractivity contribution in [2.75, 3.05) is 7.05 Å². The van der Waals surface area contributed by atoms with Crippen LogP contribution in [0.2, 0.25) is 0 Å². The summed E-state index contributed by atoms with van der Waals surface area (Å²) in [5, 5.41) is 0. The molecule has 0 bridgehead atoms. The molecule has 2 N–H and O–H groups in total. The van der Waals surface area contributed by atoms with E-state index in [4.69, 9.17) is 4.55 Å². The SMILES string of the molecule is CNSO. The van der Waals surface area contributed by atoms with Crippen molar-refractivity contribution in [3.05, 3.63) is 0 Å². The Morgan fingerprint density at radius 2 is 2.25 bits per heavy atom. The van der Waals surface area contributed by atoms with Crippen LogP contribution >= 0.6 is 12.2 Å². The molecule has 3 heteroatoms. The van der Waals surface area contributed by atoms with Gasteiger partial charge in [-0.15, -0.1) is 0 Å². The van der Waals surface area contributed by atoms with Crippen LogP contribution in [0.15, 0.2) is 0 Å². The van der Waals surface area contributed by atoms with E-state index in [0.717, 1.165) is 0 Å². The van der Waals surface area contributed by atoms with Gasteiger partial charge >= 0.3 is 0 Å². The average Bonchev–Trinajstić information content (AvgIpc) is 1.37. The summed E-state index contributed by atoms with van der Waals surface area (Å²) in [6.07, 6.45) is 0. The second-order valence-electron chi connectivity index (χ2n) is 0.295. The lowest BCUT2D eigenvalue weighted by Gasteiger charge is -1.73. The third kappa shape index (κ3) is 2.27. The summed E-state index contributed by atoms with van der Waals surface area (Å²) in [4.78, 5) is 0. The van der Waals surface area contributed by atoms with Crippen LogP contribution in [0.5, 0.6) is 0 Å². The predicted octanol–water partition coefficient (Wildman–Crippen LogP) is 0.327. The van der Waals surface area contributed by atoms with Crippen LogP contribution in [0, 0.1) is 0 Å². The van der Waals surface area contributed by atoms with Crippen molar-refractivity contribution in [3.8, 4) is 0 Å². The van der Waals surface area contributed by atoms with Gasteiger partial charge in [0.05, 0.1) is 12.2 Å². The molecule has 0 aromatic rings. The molecule has 2 nitrogen and oxygen atoms in total. The van der Waals surface area contributed by atoms with E-state index in [1.165, 1.54) is 0 Å². The van der Waals surface area contributed by atoms with Crippen LogP contribution < -0.4 is 4.72 Å². The zero-order valence-corrected chi connectivity index (χ0v) is 3.17. The van der Waals surface area contributed by atoms with E-state index in [9.17, 15) is 0 Å². The Labute approximate surface area is 29.6 Å². The van der Waals surface area contributed by atoms with Gasteiger partial charge in [-0.1, -0.05) is 0 Å². The van der Waals surface area contributed by atoms with Crippen LogP contribution in [-0.2, 0) is 0 Å². The van der Waals surface area contributed by atoms with E-state index in [1.807, 2.05) is 0 Å². The first kappa shape index (κ1) is 4.27. The van der Waals surface area contributed by atoms with Crippen molar-refractivity contribution in [1.82, 2.24) is 4.72 Å². The van der Waals surface area contributed by atoms with Gasteiger partial charge in [-0.3, -0.25) is 0 Å². The highest BCUT2D eigenvalue weighted by molar-refractivity contribution is 7.91. The minimum atomic E-state index is 0.606. The average molecular weight is 79.1 g/mol. The molecule has 26 valence electrons. The van der Waals surface area contributed by atoms with Crippen molar-refractivity contribution in [1.29, 1.82) is 0 Å². The highest BCUT2D eigenvalue weighted by Gasteiger charge is 1.52. The molecule has 0 spiro atoms. The second-order valence-corrected chi connectivity index (χ2v) is 0.886. The maximum Gasteiger partial charge on any atom is 0.0757 e. The smallest absolute Gasteiger partial charge is 0.0757 e. The zero-order valence-electron chi connectivity index (χ0n) is 2.36. The van der Waals surface area contributed by atoms with E-state index in [-0.39, 0.29) is 0 Å². The minimum absolute atomic E-state index is 0.606. The van der Waals surface area contributed by atoms with E-state index in [2.05, 4.69) is 4.72 Å². The van der Waals surface area contributed by atoms with E-state index < -0.39 is 0 Å². The topological polar surface area (TPSA) is 32.3 Å². The molecule has 0 aliphatic heterocycles. The lowest BCUT2D eigenvalue weighted by molar-refractivity contribution is 0.657. The van der Waals surface area contributed by atoms with E-state index in [0.29, 0.717) is 12.2 Å². The molecule has 0 aromatic carbocycles. The molecule has 0 amide bonds. The summed E-state index contributed by atoms with van der Waals surface area (Å²) < 4.78 is 10.1. The molecule has 0 saturated heterocycles. The van der Waals surface area contributed by atoms with Crippen molar-refractivity contribution < 1.29 is 4.55 Å². The Kier molecular flexibility index (Phi) is 3.49. The van der Waals surface area contributed by atoms with Crippen LogP contribution in [0.4, 0.5) is 0 Å². The van der Waals surface area contributed by atoms with Gasteiger partial charge in [0.1, 0.15) is 0 Å². The molecule has 0 saturated carbocycles. The van der Waals surface area contributed by atoms with Gasteiger partial charge in [0.2, 0.25) is 0 Å². The molecule has 0 aromatic heterocycles. The number of nitrogens with one attached hydrogen (secondary N) is 1.